The summed E-state index contributed by atoms with van der Waals surface area (Å²) in [4.78, 5) is 0. The maximum absolute atomic E-state index is 8.38. The zero-order valence-corrected chi connectivity index (χ0v) is 3.13. The van der Waals surface area contributed by atoms with Crippen molar-refractivity contribution in [3.8, 4) is 0 Å². The lowest BCUT2D eigenvalue weighted by Crippen LogP contribution is -2.15. The van der Waals surface area contributed by atoms with Gasteiger partial charge in [0.25, 0.3) is 0 Å². The molecule has 0 amide bonds. The summed E-state index contributed by atoms with van der Waals surface area (Å²) in [6, 6.07) is 0. The van der Waals surface area contributed by atoms with Crippen LogP contribution in [0.4, 0.5) is 0 Å². The highest BCUT2D eigenvalue weighted by Crippen LogP contribution is 1.71. The second-order valence-corrected chi connectivity index (χ2v) is 0.779. The van der Waals surface area contributed by atoms with Crippen molar-refractivity contribution in [1.29, 1.82) is 0 Å². The minimum atomic E-state index is -2.43. The largest absolute Gasteiger partial charge is 0.394 e. The molecule has 0 radical (unpaired) electrons. The molecule has 0 aromatic carbocycles. The Labute approximate surface area is 38.7 Å². The maximum Gasteiger partial charge on any atom is 0.100 e. The van der Waals surface area contributed by atoms with Crippen LogP contribution in [0.2, 0.25) is 0 Å². The lowest BCUT2D eigenvalue weighted by atomic mass is 11.0. The Morgan fingerprint density at radius 3 is 2.33 bits per heavy atom. The number of aliphatic hydroxyl groups is 3. The Bertz CT molecular complexity index is 72.9. The minimum Gasteiger partial charge on any atom is -0.394 e. The first-order valence-corrected chi connectivity index (χ1v) is 1.44. The first-order valence-electron chi connectivity index (χ1n) is 2.52. The van der Waals surface area contributed by atoms with Crippen LogP contribution in [-0.2, 0) is 0 Å². The van der Waals surface area contributed by atoms with Crippen LogP contribution in [0.15, 0.2) is 0 Å². The van der Waals surface area contributed by atoms with Crippen molar-refractivity contribution in [3.05, 3.63) is 0 Å². The molecule has 0 aromatic rings. The second kappa shape index (κ2) is 3.08. The van der Waals surface area contributed by atoms with E-state index in [-0.39, 0.29) is 0 Å². The number of hydrogen-bond acceptors (Lipinski definition) is 3. The van der Waals surface area contributed by atoms with Gasteiger partial charge in [-0.15, -0.1) is 0 Å². The Hall–Kier alpha value is -0.120. The number of hydrogen-bond donors (Lipinski definition) is 3. The summed E-state index contributed by atoms with van der Waals surface area (Å²) < 4.78 is 12.8. The van der Waals surface area contributed by atoms with E-state index in [0.29, 0.717) is 0 Å². The van der Waals surface area contributed by atoms with E-state index in [9.17, 15) is 0 Å². The van der Waals surface area contributed by atoms with Gasteiger partial charge in [0.15, 0.2) is 0 Å². The van der Waals surface area contributed by atoms with E-state index in [4.69, 9.17) is 18.1 Å². The number of aliphatic hydroxyl groups excluding tert-OH is 2. The van der Waals surface area contributed by atoms with E-state index in [0.717, 1.165) is 0 Å². The SMILES string of the molecule is [2H][13CH](O)[13C@@]([2H])(O)CO. The average molecular weight is 96.1 g/mol. The van der Waals surface area contributed by atoms with Crippen molar-refractivity contribution in [3.63, 3.8) is 0 Å². The normalized spacial score (nSPS) is 29.8. The minimum absolute atomic E-state index is 0.933. The van der Waals surface area contributed by atoms with Gasteiger partial charge >= 0.3 is 0 Å². The van der Waals surface area contributed by atoms with Crippen LogP contribution in [-0.4, -0.2) is 34.6 Å². The molecule has 0 saturated carbocycles. The zero-order chi connectivity index (χ0) is 6.78. The van der Waals surface area contributed by atoms with Gasteiger partial charge in [0, 0.05) is 0 Å². The molecular formula is C3H8O3. The van der Waals surface area contributed by atoms with Crippen LogP contribution in [0.5, 0.6) is 0 Å². The quantitative estimate of drug-likeness (QED) is 0.360. The molecule has 3 N–H and O–H groups in total. The molecule has 6 heavy (non-hydrogen) atoms. The van der Waals surface area contributed by atoms with Gasteiger partial charge in [0.05, 0.1) is 15.9 Å². The van der Waals surface area contributed by atoms with Gasteiger partial charge in [-0.3, -0.25) is 0 Å². The predicted molar refractivity (Wildman–Crippen MR) is 20.2 cm³/mol. The van der Waals surface area contributed by atoms with Gasteiger partial charge in [0.2, 0.25) is 0 Å². The Kier molecular flexibility index (Phi) is 1.52. The first kappa shape index (κ1) is 2.96. The van der Waals surface area contributed by atoms with E-state index in [2.05, 4.69) is 0 Å². The third kappa shape index (κ3) is 2.14. The summed E-state index contributed by atoms with van der Waals surface area (Å²) in [5.74, 6) is 0. The lowest BCUT2D eigenvalue weighted by Gasteiger charge is -1.96. The fourth-order valence-corrected chi connectivity index (χ4v) is 0.0408. The van der Waals surface area contributed by atoms with Crippen molar-refractivity contribution in [2.24, 2.45) is 0 Å². The van der Waals surface area contributed by atoms with Crippen LogP contribution in [0, 0.1) is 0 Å². The fraction of sp³-hybridized carbons (Fsp3) is 1.00. The third-order valence-electron chi connectivity index (χ3n) is 0.311. The Morgan fingerprint density at radius 2 is 2.33 bits per heavy atom. The summed E-state index contributed by atoms with van der Waals surface area (Å²) in [6.45, 7) is -2.90. The van der Waals surface area contributed by atoms with Gasteiger partial charge in [-0.1, -0.05) is 0 Å². The van der Waals surface area contributed by atoms with E-state index < -0.39 is 19.3 Å². The van der Waals surface area contributed by atoms with Crippen molar-refractivity contribution < 1.29 is 18.1 Å². The molecule has 0 aliphatic heterocycles. The maximum atomic E-state index is 8.38. The van der Waals surface area contributed by atoms with E-state index in [1.165, 1.54) is 0 Å². The van der Waals surface area contributed by atoms with Gasteiger partial charge in [-0.05, 0) is 0 Å². The number of rotatable bonds is 2. The van der Waals surface area contributed by atoms with Crippen molar-refractivity contribution in [2.45, 2.75) is 6.08 Å². The Balaban J connectivity index is 3.71. The Morgan fingerprint density at radius 1 is 1.83 bits per heavy atom. The summed E-state index contributed by atoms with van der Waals surface area (Å²) >= 11 is 0. The molecular weight excluding hydrogens is 86.0 g/mol. The molecule has 2 atom stereocenters. The molecule has 0 aromatic heterocycles. The molecule has 1 unspecified atom stereocenters. The molecule has 38 valence electrons. The topological polar surface area (TPSA) is 60.7 Å². The molecule has 0 rings (SSSR count). The van der Waals surface area contributed by atoms with Gasteiger partial charge in [0.1, 0.15) is 6.08 Å². The van der Waals surface area contributed by atoms with Crippen LogP contribution in [0.1, 0.15) is 2.74 Å². The van der Waals surface area contributed by atoms with Gasteiger partial charge in [-0.2, -0.15) is 0 Å². The van der Waals surface area contributed by atoms with E-state index >= 15 is 0 Å². The molecule has 0 fully saturated rings. The van der Waals surface area contributed by atoms with Crippen molar-refractivity contribution in [1.82, 2.24) is 0 Å². The van der Waals surface area contributed by atoms with E-state index in [1.807, 2.05) is 0 Å². The highest BCUT2D eigenvalue weighted by atomic mass is 16.5. The summed E-state index contributed by atoms with van der Waals surface area (Å²) in [5, 5.41) is 24.6. The molecule has 0 spiro atoms. The smallest absolute Gasteiger partial charge is 0.100 e. The van der Waals surface area contributed by atoms with Crippen molar-refractivity contribution in [2.75, 3.05) is 13.2 Å². The van der Waals surface area contributed by atoms with Crippen LogP contribution < -0.4 is 0 Å². The molecule has 0 heterocycles. The predicted octanol–water partition coefficient (Wildman–Crippen LogP) is -1.67. The highest BCUT2D eigenvalue weighted by molar-refractivity contribution is 4.43. The lowest BCUT2D eigenvalue weighted by molar-refractivity contribution is 0.0450. The summed E-state index contributed by atoms with van der Waals surface area (Å²) in [7, 11) is 0. The molecule has 0 aliphatic carbocycles. The van der Waals surface area contributed by atoms with Crippen LogP contribution in [0.3, 0.4) is 0 Å². The van der Waals surface area contributed by atoms with E-state index in [1.54, 1.807) is 0 Å². The monoisotopic (exact) mass is 96.1 g/mol. The highest BCUT2D eigenvalue weighted by Gasteiger charge is 1.93. The third-order valence-corrected chi connectivity index (χ3v) is 0.311. The molecule has 3 nitrogen and oxygen atoms in total. The van der Waals surface area contributed by atoms with Crippen LogP contribution >= 0.6 is 0 Å². The average Bonchev–Trinajstić information content (AvgIpc) is 1.67. The summed E-state index contributed by atoms with van der Waals surface area (Å²) in [5.41, 5.74) is 0. The van der Waals surface area contributed by atoms with Crippen LogP contribution in [0.25, 0.3) is 0 Å². The standard InChI is InChI=1S/C3H8O3/c4-1-3(6)2-5/h3-6H,1-2H2/i1+1D,3+1D/t1?,3-/m1/s1. The van der Waals surface area contributed by atoms with Gasteiger partial charge < -0.3 is 15.3 Å². The second-order valence-electron chi connectivity index (χ2n) is 0.779. The summed E-state index contributed by atoms with van der Waals surface area (Å²) in [6.07, 6.45) is -2.43. The zero-order valence-electron chi connectivity index (χ0n) is 5.13. The molecule has 0 aliphatic rings. The molecule has 0 saturated heterocycles. The fourth-order valence-electron chi connectivity index (χ4n) is 0.0408. The molecule has 3 heteroatoms. The molecule has 0 bridgehead atoms. The van der Waals surface area contributed by atoms with Crippen molar-refractivity contribution >= 4 is 0 Å². The van der Waals surface area contributed by atoms with Gasteiger partial charge in [-0.25, -0.2) is 0 Å². The first-order chi connectivity index (χ1) is 3.50.